The first-order valence-electron chi connectivity index (χ1n) is 7.57. The average Bonchev–Trinajstić information content (AvgIpc) is 2.61. The third-order valence-corrected chi connectivity index (χ3v) is 4.09. The van der Waals surface area contributed by atoms with Gasteiger partial charge in [-0.1, -0.05) is 0 Å². The first-order valence-corrected chi connectivity index (χ1v) is 7.57. The van der Waals surface area contributed by atoms with Gasteiger partial charge >= 0.3 is 6.09 Å². The number of alkyl carbamates (subject to hydrolysis) is 1. The Morgan fingerprint density at radius 3 is 2.22 bits per heavy atom. The second kappa shape index (κ2) is 7.82. The van der Waals surface area contributed by atoms with Gasteiger partial charge in [-0.15, -0.1) is 0 Å². The van der Waals surface area contributed by atoms with E-state index in [0.717, 1.165) is 37.6 Å². The number of amides is 2. The van der Waals surface area contributed by atoms with E-state index in [2.05, 4.69) is 19.9 Å². The number of piperazine rings is 1. The van der Waals surface area contributed by atoms with Crippen molar-refractivity contribution in [1.82, 2.24) is 10.2 Å². The van der Waals surface area contributed by atoms with Gasteiger partial charge in [0.1, 0.15) is 5.75 Å². The van der Waals surface area contributed by atoms with E-state index in [1.807, 2.05) is 24.3 Å². The largest absolute Gasteiger partial charge is 0.497 e. The first-order chi connectivity index (χ1) is 11.0. The van der Waals surface area contributed by atoms with E-state index in [1.54, 1.807) is 14.0 Å². The Balaban J connectivity index is 1.87. The summed E-state index contributed by atoms with van der Waals surface area (Å²) in [6.45, 7) is 4.94. The minimum absolute atomic E-state index is 0.338. The van der Waals surface area contributed by atoms with Gasteiger partial charge in [0.05, 0.1) is 20.3 Å². The molecule has 0 bridgehead atoms. The molecule has 0 aliphatic carbocycles. The normalized spacial score (nSPS) is 16.6. The average molecular weight is 321 g/mol. The summed E-state index contributed by atoms with van der Waals surface area (Å²) in [7, 11) is 2.88. The third-order valence-electron chi connectivity index (χ3n) is 4.09. The fourth-order valence-electron chi connectivity index (χ4n) is 2.58. The summed E-state index contributed by atoms with van der Waals surface area (Å²) in [5.74, 6) is 0.496. The number of rotatable bonds is 4. The topological polar surface area (TPSA) is 71.1 Å². The van der Waals surface area contributed by atoms with Crippen LogP contribution >= 0.6 is 0 Å². The van der Waals surface area contributed by atoms with Crippen LogP contribution in [0.4, 0.5) is 10.5 Å². The number of anilines is 1. The van der Waals surface area contributed by atoms with Crippen LogP contribution in [0.25, 0.3) is 0 Å². The molecule has 1 saturated heterocycles. The maximum atomic E-state index is 12.0. The number of benzene rings is 1. The van der Waals surface area contributed by atoms with Crippen molar-refractivity contribution in [2.45, 2.75) is 13.0 Å². The minimum Gasteiger partial charge on any atom is -0.497 e. The zero-order valence-corrected chi connectivity index (χ0v) is 13.7. The molecule has 1 atom stereocenters. The van der Waals surface area contributed by atoms with Gasteiger partial charge in [0, 0.05) is 31.9 Å². The lowest BCUT2D eigenvalue weighted by Crippen LogP contribution is -2.54. The van der Waals surface area contributed by atoms with Crippen LogP contribution in [0.1, 0.15) is 6.92 Å². The van der Waals surface area contributed by atoms with Crippen molar-refractivity contribution >= 4 is 17.7 Å². The number of ether oxygens (including phenoxy) is 2. The zero-order chi connectivity index (χ0) is 16.8. The first kappa shape index (κ1) is 17.1. The number of nitrogens with zero attached hydrogens (tertiary/aromatic N) is 2. The van der Waals surface area contributed by atoms with Crippen LogP contribution in [0, 0.1) is 0 Å². The van der Waals surface area contributed by atoms with E-state index in [9.17, 15) is 9.59 Å². The highest BCUT2D eigenvalue weighted by Crippen LogP contribution is 2.21. The Bertz CT molecular complexity index is 539. The molecule has 1 aliphatic rings. The van der Waals surface area contributed by atoms with E-state index >= 15 is 0 Å². The molecule has 1 heterocycles. The molecule has 1 aromatic carbocycles. The maximum absolute atomic E-state index is 12.0. The van der Waals surface area contributed by atoms with Crippen LogP contribution in [0.15, 0.2) is 24.3 Å². The molecule has 1 aromatic rings. The van der Waals surface area contributed by atoms with E-state index in [0.29, 0.717) is 0 Å². The van der Waals surface area contributed by atoms with Crippen LogP contribution < -0.4 is 15.0 Å². The Labute approximate surface area is 136 Å². The number of carbonyl (C=O) groups is 2. The SMILES string of the molecule is COC(=O)NC(=O)[C@H](C)N1CCN(c2ccc(OC)cc2)CC1. The lowest BCUT2D eigenvalue weighted by Gasteiger charge is -2.38. The molecule has 7 heteroatoms. The fourth-order valence-corrected chi connectivity index (χ4v) is 2.58. The molecule has 0 radical (unpaired) electrons. The van der Waals surface area contributed by atoms with Crippen molar-refractivity contribution in [2.24, 2.45) is 0 Å². The summed E-state index contributed by atoms with van der Waals surface area (Å²) in [6.07, 6.45) is -0.723. The van der Waals surface area contributed by atoms with Crippen molar-refractivity contribution in [3.8, 4) is 5.75 Å². The summed E-state index contributed by atoms with van der Waals surface area (Å²) in [5, 5.41) is 2.21. The predicted octanol–water partition coefficient (Wildman–Crippen LogP) is 1.09. The van der Waals surface area contributed by atoms with Crippen LogP contribution in [0.5, 0.6) is 5.75 Å². The summed E-state index contributed by atoms with van der Waals surface area (Å²) in [4.78, 5) is 27.4. The molecule has 1 N–H and O–H groups in total. The van der Waals surface area contributed by atoms with Crippen molar-refractivity contribution in [1.29, 1.82) is 0 Å². The molecule has 7 nitrogen and oxygen atoms in total. The fraction of sp³-hybridized carbons (Fsp3) is 0.500. The van der Waals surface area contributed by atoms with Crippen molar-refractivity contribution in [3.05, 3.63) is 24.3 Å². The van der Waals surface area contributed by atoms with Gasteiger partial charge in [-0.2, -0.15) is 0 Å². The molecule has 0 saturated carbocycles. The summed E-state index contributed by atoms with van der Waals surface area (Å²) in [5.41, 5.74) is 1.14. The molecule has 1 aliphatic heterocycles. The Kier molecular flexibility index (Phi) is 5.81. The highest BCUT2D eigenvalue weighted by Gasteiger charge is 2.26. The highest BCUT2D eigenvalue weighted by atomic mass is 16.5. The van der Waals surface area contributed by atoms with Gasteiger partial charge in [-0.3, -0.25) is 15.0 Å². The minimum atomic E-state index is -0.723. The molecule has 0 aromatic heterocycles. The quantitative estimate of drug-likeness (QED) is 0.895. The van der Waals surface area contributed by atoms with E-state index in [-0.39, 0.29) is 11.9 Å². The Morgan fingerprint density at radius 1 is 1.09 bits per heavy atom. The van der Waals surface area contributed by atoms with Gasteiger partial charge in [-0.05, 0) is 31.2 Å². The van der Waals surface area contributed by atoms with Crippen molar-refractivity contribution in [3.63, 3.8) is 0 Å². The number of imide groups is 1. The van der Waals surface area contributed by atoms with Gasteiger partial charge in [-0.25, -0.2) is 4.79 Å². The van der Waals surface area contributed by atoms with Crippen LogP contribution in [-0.2, 0) is 9.53 Å². The second-order valence-electron chi connectivity index (χ2n) is 5.38. The van der Waals surface area contributed by atoms with Crippen molar-refractivity contribution in [2.75, 3.05) is 45.3 Å². The predicted molar refractivity (Wildman–Crippen MR) is 86.8 cm³/mol. The maximum Gasteiger partial charge on any atom is 0.413 e. The lowest BCUT2D eigenvalue weighted by molar-refractivity contribution is -0.125. The molecule has 126 valence electrons. The number of hydrogen-bond donors (Lipinski definition) is 1. The second-order valence-corrected chi connectivity index (χ2v) is 5.38. The highest BCUT2D eigenvalue weighted by molar-refractivity contribution is 5.94. The van der Waals surface area contributed by atoms with Gasteiger partial charge in [0.25, 0.3) is 0 Å². The molecular formula is C16H23N3O4. The molecule has 2 amide bonds. The molecule has 0 spiro atoms. The number of methoxy groups -OCH3 is 2. The van der Waals surface area contributed by atoms with E-state index < -0.39 is 6.09 Å². The number of carbonyl (C=O) groups excluding carboxylic acids is 2. The van der Waals surface area contributed by atoms with Crippen LogP contribution in [-0.4, -0.2) is 63.3 Å². The lowest BCUT2D eigenvalue weighted by atomic mass is 10.2. The van der Waals surface area contributed by atoms with Crippen molar-refractivity contribution < 1.29 is 19.1 Å². The van der Waals surface area contributed by atoms with E-state index in [1.165, 1.54) is 7.11 Å². The van der Waals surface area contributed by atoms with Crippen LogP contribution in [0.2, 0.25) is 0 Å². The third kappa shape index (κ3) is 4.35. The zero-order valence-electron chi connectivity index (χ0n) is 13.7. The summed E-state index contributed by atoms with van der Waals surface area (Å²) < 4.78 is 9.61. The van der Waals surface area contributed by atoms with Crippen LogP contribution in [0.3, 0.4) is 0 Å². The summed E-state index contributed by atoms with van der Waals surface area (Å²) in [6, 6.07) is 7.57. The standard InChI is InChI=1S/C16H23N3O4/c1-12(15(20)17-16(21)23-3)18-8-10-19(11-9-18)13-4-6-14(22-2)7-5-13/h4-7,12H,8-11H2,1-3H3,(H,17,20,21)/t12-/m0/s1. The molecular weight excluding hydrogens is 298 g/mol. The van der Waals surface area contributed by atoms with Gasteiger partial charge < -0.3 is 14.4 Å². The Morgan fingerprint density at radius 2 is 1.70 bits per heavy atom. The molecule has 0 unspecified atom stereocenters. The number of hydrogen-bond acceptors (Lipinski definition) is 6. The van der Waals surface area contributed by atoms with Gasteiger partial charge in [0.2, 0.25) is 5.91 Å². The smallest absolute Gasteiger partial charge is 0.413 e. The molecule has 2 rings (SSSR count). The monoisotopic (exact) mass is 321 g/mol. The molecule has 1 fully saturated rings. The van der Waals surface area contributed by atoms with E-state index in [4.69, 9.17) is 4.74 Å². The Hall–Kier alpha value is -2.28. The number of nitrogens with one attached hydrogen (secondary N) is 1. The van der Waals surface area contributed by atoms with Gasteiger partial charge in [0.15, 0.2) is 0 Å². The molecule has 23 heavy (non-hydrogen) atoms. The summed E-state index contributed by atoms with van der Waals surface area (Å²) >= 11 is 0.